The fraction of sp³-hybridized carbons (Fsp3) is 0.0976. The van der Waals surface area contributed by atoms with Crippen LogP contribution in [0.15, 0.2) is 121 Å². The highest BCUT2D eigenvalue weighted by atomic mass is 32.1. The van der Waals surface area contributed by atoms with Gasteiger partial charge in [-0.1, -0.05) is 111 Å². The van der Waals surface area contributed by atoms with Gasteiger partial charge < -0.3 is 0 Å². The van der Waals surface area contributed by atoms with Gasteiger partial charge in [0.05, 0.1) is 11.6 Å². The van der Waals surface area contributed by atoms with E-state index in [1.54, 1.807) is 0 Å². The van der Waals surface area contributed by atoms with Crippen LogP contribution < -0.4 is 0 Å². The van der Waals surface area contributed by atoms with Crippen LogP contribution in [0.5, 0.6) is 0 Å². The predicted molar refractivity (Wildman–Crippen MR) is 180 cm³/mol. The van der Waals surface area contributed by atoms with E-state index in [4.69, 9.17) is 0 Å². The molecule has 0 amide bonds. The zero-order valence-electron chi connectivity index (χ0n) is 24.0. The summed E-state index contributed by atoms with van der Waals surface area (Å²) in [6.07, 6.45) is 0. The molecule has 0 radical (unpaired) electrons. The van der Waals surface area contributed by atoms with Crippen molar-refractivity contribution in [3.63, 3.8) is 0 Å². The van der Waals surface area contributed by atoms with E-state index in [0.717, 1.165) is 11.1 Å². The van der Waals surface area contributed by atoms with Gasteiger partial charge >= 0.3 is 0 Å². The van der Waals surface area contributed by atoms with Crippen molar-refractivity contribution in [3.8, 4) is 39.4 Å². The molecular weight excluding hydrogens is 539 g/mol. The van der Waals surface area contributed by atoms with E-state index in [-0.39, 0.29) is 11.3 Å². The van der Waals surface area contributed by atoms with E-state index < -0.39 is 0 Å². The smallest absolute Gasteiger partial charge is 0.0991 e. The second kappa shape index (κ2) is 8.77. The van der Waals surface area contributed by atoms with Crippen LogP contribution in [0.3, 0.4) is 0 Å². The van der Waals surface area contributed by atoms with Gasteiger partial charge in [-0.15, -0.1) is 11.3 Å². The SMILES string of the molecule is CC1(C)c2ccccc2-c2ccc3c(sc4ccc(-c5cc(C#N)ccc5C5c6ccccc6-c6ccccc65)cc43)c21. The van der Waals surface area contributed by atoms with Crippen LogP contribution in [0.2, 0.25) is 0 Å². The van der Waals surface area contributed by atoms with Gasteiger partial charge in [0.1, 0.15) is 0 Å². The van der Waals surface area contributed by atoms with Crippen molar-refractivity contribution >= 4 is 31.5 Å². The molecular formula is C41H27NS. The third-order valence-corrected chi connectivity index (χ3v) is 11.0. The lowest BCUT2D eigenvalue weighted by atomic mass is 9.82. The standard InChI is InChI=1S/C41H27NS/c1-41(2)36-14-8-7-11-28(36)32-18-19-33-35-22-25(16-20-37(35)43-40(33)39(32)41)34-21-24(23-42)15-17-31(34)38-29-12-5-3-9-26(29)27-10-4-6-13-30(27)38/h3-22,38H,1-2H3. The van der Waals surface area contributed by atoms with Gasteiger partial charge in [0.15, 0.2) is 0 Å². The maximum absolute atomic E-state index is 9.93. The Morgan fingerprint density at radius 2 is 1.28 bits per heavy atom. The van der Waals surface area contributed by atoms with E-state index in [0.29, 0.717) is 5.56 Å². The quantitative estimate of drug-likeness (QED) is 0.204. The number of fused-ring (bicyclic) bond motifs is 10. The Hall–Kier alpha value is -4.97. The summed E-state index contributed by atoms with van der Waals surface area (Å²) in [5, 5.41) is 12.5. The van der Waals surface area contributed by atoms with Gasteiger partial charge in [-0.05, 0) is 85.5 Å². The molecule has 0 N–H and O–H groups in total. The molecule has 0 fully saturated rings. The molecule has 6 aromatic carbocycles. The molecule has 1 aromatic heterocycles. The molecule has 0 bridgehead atoms. The van der Waals surface area contributed by atoms with Crippen molar-refractivity contribution in [1.29, 1.82) is 5.26 Å². The summed E-state index contributed by atoms with van der Waals surface area (Å²) in [6.45, 7) is 4.73. The van der Waals surface area contributed by atoms with E-state index in [1.165, 1.54) is 70.2 Å². The first-order valence-electron chi connectivity index (χ1n) is 14.9. The van der Waals surface area contributed by atoms with Crippen LogP contribution in [-0.2, 0) is 5.41 Å². The molecule has 202 valence electrons. The first-order valence-corrected chi connectivity index (χ1v) is 15.7. The van der Waals surface area contributed by atoms with Crippen LogP contribution in [0, 0.1) is 11.3 Å². The van der Waals surface area contributed by atoms with Crippen molar-refractivity contribution < 1.29 is 0 Å². The Morgan fingerprint density at radius 1 is 0.605 bits per heavy atom. The van der Waals surface area contributed by atoms with Crippen LogP contribution >= 0.6 is 11.3 Å². The summed E-state index contributed by atoms with van der Waals surface area (Å²) in [5.74, 6) is 0.118. The van der Waals surface area contributed by atoms with Gasteiger partial charge in [-0.2, -0.15) is 5.26 Å². The number of hydrogen-bond acceptors (Lipinski definition) is 2. The van der Waals surface area contributed by atoms with Crippen molar-refractivity contribution in [2.24, 2.45) is 0 Å². The molecule has 0 saturated heterocycles. The normalized spacial score (nSPS) is 14.3. The molecule has 9 rings (SSSR count). The van der Waals surface area contributed by atoms with Crippen LogP contribution in [0.4, 0.5) is 0 Å². The molecule has 0 saturated carbocycles. The first-order chi connectivity index (χ1) is 21.0. The van der Waals surface area contributed by atoms with Gasteiger partial charge in [0.2, 0.25) is 0 Å². The summed E-state index contributed by atoms with van der Waals surface area (Å²) < 4.78 is 2.68. The van der Waals surface area contributed by atoms with Gasteiger partial charge in [0.25, 0.3) is 0 Å². The number of hydrogen-bond donors (Lipinski definition) is 0. The van der Waals surface area contributed by atoms with Gasteiger partial charge in [-0.3, -0.25) is 0 Å². The summed E-state index contributed by atoms with van der Waals surface area (Å²) in [4.78, 5) is 0. The minimum absolute atomic E-state index is 0.0489. The maximum Gasteiger partial charge on any atom is 0.0991 e. The summed E-state index contributed by atoms with van der Waals surface area (Å²) >= 11 is 1.91. The van der Waals surface area contributed by atoms with Crippen LogP contribution in [0.25, 0.3) is 53.6 Å². The predicted octanol–water partition coefficient (Wildman–Crippen LogP) is 11.1. The first kappa shape index (κ1) is 24.6. The monoisotopic (exact) mass is 565 g/mol. The largest absolute Gasteiger partial charge is 0.192 e. The van der Waals surface area contributed by atoms with Crippen molar-refractivity contribution in [3.05, 3.63) is 155 Å². The lowest BCUT2D eigenvalue weighted by Gasteiger charge is -2.22. The highest BCUT2D eigenvalue weighted by Gasteiger charge is 2.37. The molecule has 0 atom stereocenters. The second-order valence-electron chi connectivity index (χ2n) is 12.4. The fourth-order valence-electron chi connectivity index (χ4n) is 7.87. The Bertz CT molecular complexity index is 2300. The molecule has 0 unspecified atom stereocenters. The maximum atomic E-state index is 9.93. The van der Waals surface area contributed by atoms with E-state index in [1.807, 2.05) is 17.4 Å². The summed E-state index contributed by atoms with van der Waals surface area (Å²) in [6, 6.07) is 46.6. The molecule has 7 aromatic rings. The number of thiophene rings is 1. The topological polar surface area (TPSA) is 23.8 Å². The van der Waals surface area contributed by atoms with Crippen LogP contribution in [-0.4, -0.2) is 0 Å². The van der Waals surface area contributed by atoms with Crippen molar-refractivity contribution in [2.75, 3.05) is 0 Å². The highest BCUT2D eigenvalue weighted by Crippen LogP contribution is 2.54. The van der Waals surface area contributed by atoms with E-state index in [2.05, 4.69) is 135 Å². The molecule has 1 heterocycles. The Morgan fingerprint density at radius 3 is 2.02 bits per heavy atom. The average molecular weight is 566 g/mol. The number of rotatable bonds is 2. The zero-order valence-corrected chi connectivity index (χ0v) is 24.8. The molecule has 2 heteroatoms. The second-order valence-corrected chi connectivity index (χ2v) is 13.4. The number of benzene rings is 6. The number of nitrogens with zero attached hydrogens (tertiary/aromatic N) is 1. The molecule has 2 aliphatic carbocycles. The minimum atomic E-state index is -0.0489. The van der Waals surface area contributed by atoms with Crippen LogP contribution in [0.1, 0.15) is 53.1 Å². The van der Waals surface area contributed by atoms with Crippen molar-refractivity contribution in [2.45, 2.75) is 25.2 Å². The third-order valence-electron chi connectivity index (χ3n) is 9.79. The molecule has 1 nitrogen and oxygen atoms in total. The van der Waals surface area contributed by atoms with E-state index in [9.17, 15) is 5.26 Å². The third kappa shape index (κ3) is 3.32. The zero-order chi connectivity index (χ0) is 28.9. The Labute approximate surface area is 255 Å². The molecule has 0 spiro atoms. The lowest BCUT2D eigenvalue weighted by Crippen LogP contribution is -2.14. The minimum Gasteiger partial charge on any atom is -0.192 e. The Balaban J connectivity index is 1.27. The Kier molecular flexibility index (Phi) is 5.02. The molecule has 0 aliphatic heterocycles. The van der Waals surface area contributed by atoms with Gasteiger partial charge in [0, 0.05) is 31.5 Å². The van der Waals surface area contributed by atoms with Gasteiger partial charge in [-0.25, -0.2) is 0 Å². The summed E-state index contributed by atoms with van der Waals surface area (Å²) in [5.41, 5.74) is 15.0. The van der Waals surface area contributed by atoms with Crippen molar-refractivity contribution in [1.82, 2.24) is 0 Å². The lowest BCUT2D eigenvalue weighted by molar-refractivity contribution is 0.667. The highest BCUT2D eigenvalue weighted by molar-refractivity contribution is 7.26. The molecule has 2 aliphatic rings. The fourth-order valence-corrected chi connectivity index (χ4v) is 9.26. The number of nitriles is 1. The average Bonchev–Trinajstić information content (AvgIpc) is 3.66. The van der Waals surface area contributed by atoms with E-state index >= 15 is 0 Å². The summed E-state index contributed by atoms with van der Waals surface area (Å²) in [7, 11) is 0. The molecule has 43 heavy (non-hydrogen) atoms.